The molecule has 6 nitrogen and oxygen atoms in total. The van der Waals surface area contributed by atoms with Gasteiger partial charge in [-0.15, -0.1) is 0 Å². The summed E-state index contributed by atoms with van der Waals surface area (Å²) in [6, 6.07) is 7.17. The number of para-hydroxylation sites is 1. The molecule has 1 aromatic carbocycles. The molecule has 1 aromatic heterocycles. The van der Waals surface area contributed by atoms with Gasteiger partial charge in [0.2, 0.25) is 5.76 Å². The number of furan rings is 1. The van der Waals surface area contributed by atoms with Crippen molar-refractivity contribution in [2.24, 2.45) is 0 Å². The van der Waals surface area contributed by atoms with Crippen molar-refractivity contribution < 1.29 is 24.2 Å². The number of benzene rings is 1. The molecule has 6 heteroatoms. The fourth-order valence-corrected chi connectivity index (χ4v) is 2.70. The Balaban J connectivity index is 1.98. The SMILES string of the molecule is O=C(O)c1oc2ccccc2c1CN1CCOCC1CO. The molecule has 3 rings (SSSR count). The number of morpholine rings is 1. The number of aliphatic hydroxyl groups excluding tert-OH is 1. The third kappa shape index (κ3) is 2.65. The molecule has 0 radical (unpaired) electrons. The van der Waals surface area contributed by atoms with E-state index in [2.05, 4.69) is 0 Å². The standard InChI is InChI=1S/C15H17NO5/c17-8-10-9-20-6-5-16(10)7-12-11-3-1-2-4-13(11)21-14(12)15(18)19/h1-4,10,17H,5-9H2,(H,18,19). The first-order chi connectivity index (χ1) is 10.2. The van der Waals surface area contributed by atoms with Crippen molar-refractivity contribution in [3.63, 3.8) is 0 Å². The summed E-state index contributed by atoms with van der Waals surface area (Å²) in [6.45, 7) is 2.10. The van der Waals surface area contributed by atoms with E-state index in [1.807, 2.05) is 23.1 Å². The minimum absolute atomic E-state index is 0.0157. The van der Waals surface area contributed by atoms with Crippen molar-refractivity contribution in [2.75, 3.05) is 26.4 Å². The predicted octanol–water partition coefficient (Wildman–Crippen LogP) is 1.32. The van der Waals surface area contributed by atoms with E-state index in [0.29, 0.717) is 37.4 Å². The van der Waals surface area contributed by atoms with Crippen molar-refractivity contribution in [3.05, 3.63) is 35.6 Å². The summed E-state index contributed by atoms with van der Waals surface area (Å²) in [7, 11) is 0. The number of rotatable bonds is 4. The summed E-state index contributed by atoms with van der Waals surface area (Å²) in [5, 5.41) is 19.6. The van der Waals surface area contributed by atoms with Gasteiger partial charge in [0.05, 0.1) is 25.9 Å². The van der Waals surface area contributed by atoms with Crippen LogP contribution in [0.4, 0.5) is 0 Å². The number of ether oxygens (including phenoxy) is 1. The molecule has 0 spiro atoms. The molecule has 0 aliphatic carbocycles. The van der Waals surface area contributed by atoms with Crippen molar-refractivity contribution in [1.29, 1.82) is 0 Å². The van der Waals surface area contributed by atoms with Crippen LogP contribution in [0.3, 0.4) is 0 Å². The van der Waals surface area contributed by atoms with Crippen LogP contribution in [0.1, 0.15) is 16.1 Å². The Hall–Kier alpha value is -1.89. The molecule has 1 aliphatic heterocycles. The Morgan fingerprint density at radius 1 is 1.38 bits per heavy atom. The topological polar surface area (TPSA) is 83.1 Å². The fourth-order valence-electron chi connectivity index (χ4n) is 2.70. The van der Waals surface area contributed by atoms with Crippen molar-refractivity contribution in [2.45, 2.75) is 12.6 Å². The molecule has 1 aliphatic rings. The number of carboxylic acids is 1. The van der Waals surface area contributed by atoms with Gasteiger partial charge in [-0.3, -0.25) is 4.90 Å². The fraction of sp³-hybridized carbons (Fsp3) is 0.400. The predicted molar refractivity (Wildman–Crippen MR) is 75.3 cm³/mol. The van der Waals surface area contributed by atoms with Gasteiger partial charge in [0.15, 0.2) is 0 Å². The first-order valence-electron chi connectivity index (χ1n) is 6.87. The highest BCUT2D eigenvalue weighted by Gasteiger charge is 2.27. The Morgan fingerprint density at radius 2 is 2.19 bits per heavy atom. The number of aromatic carboxylic acids is 1. The minimum atomic E-state index is -1.07. The van der Waals surface area contributed by atoms with Crippen LogP contribution in [0.25, 0.3) is 11.0 Å². The highest BCUT2D eigenvalue weighted by molar-refractivity contribution is 5.95. The van der Waals surface area contributed by atoms with E-state index in [1.165, 1.54) is 0 Å². The summed E-state index contributed by atoms with van der Waals surface area (Å²) in [5.41, 5.74) is 1.22. The second-order valence-electron chi connectivity index (χ2n) is 5.09. The van der Waals surface area contributed by atoms with Crippen LogP contribution in [0.15, 0.2) is 28.7 Å². The van der Waals surface area contributed by atoms with E-state index in [9.17, 15) is 15.0 Å². The van der Waals surface area contributed by atoms with Gasteiger partial charge in [-0.05, 0) is 6.07 Å². The van der Waals surface area contributed by atoms with Crippen LogP contribution >= 0.6 is 0 Å². The number of aliphatic hydroxyl groups is 1. The molecule has 2 aromatic rings. The summed E-state index contributed by atoms with van der Waals surface area (Å²) in [6.07, 6.45) is 0. The van der Waals surface area contributed by atoms with Crippen molar-refractivity contribution >= 4 is 16.9 Å². The Morgan fingerprint density at radius 3 is 2.95 bits per heavy atom. The first-order valence-corrected chi connectivity index (χ1v) is 6.87. The number of fused-ring (bicyclic) bond motifs is 1. The highest BCUT2D eigenvalue weighted by Crippen LogP contribution is 2.28. The van der Waals surface area contributed by atoms with E-state index in [0.717, 1.165) is 5.39 Å². The minimum Gasteiger partial charge on any atom is -0.475 e. The molecular formula is C15H17NO5. The largest absolute Gasteiger partial charge is 0.475 e. The van der Waals surface area contributed by atoms with Gasteiger partial charge >= 0.3 is 5.97 Å². The number of hydrogen-bond acceptors (Lipinski definition) is 5. The van der Waals surface area contributed by atoms with Gasteiger partial charge in [-0.2, -0.15) is 0 Å². The van der Waals surface area contributed by atoms with Gasteiger partial charge in [0.1, 0.15) is 5.58 Å². The lowest BCUT2D eigenvalue weighted by molar-refractivity contribution is -0.0313. The molecular weight excluding hydrogens is 274 g/mol. The zero-order valence-electron chi connectivity index (χ0n) is 11.5. The number of carbonyl (C=O) groups is 1. The maximum atomic E-state index is 11.4. The second kappa shape index (κ2) is 5.85. The third-order valence-electron chi connectivity index (χ3n) is 3.81. The molecule has 21 heavy (non-hydrogen) atoms. The lowest BCUT2D eigenvalue weighted by Crippen LogP contribution is -2.46. The van der Waals surface area contributed by atoms with Gasteiger partial charge in [-0.1, -0.05) is 18.2 Å². The average Bonchev–Trinajstić information content (AvgIpc) is 2.87. The Bertz CT molecular complexity index is 651. The van der Waals surface area contributed by atoms with E-state index < -0.39 is 5.97 Å². The van der Waals surface area contributed by atoms with Crippen LogP contribution in [-0.2, 0) is 11.3 Å². The zero-order chi connectivity index (χ0) is 14.8. The third-order valence-corrected chi connectivity index (χ3v) is 3.81. The van der Waals surface area contributed by atoms with Crippen LogP contribution in [0.2, 0.25) is 0 Å². The van der Waals surface area contributed by atoms with E-state index in [4.69, 9.17) is 9.15 Å². The maximum absolute atomic E-state index is 11.4. The van der Waals surface area contributed by atoms with Gasteiger partial charge in [-0.25, -0.2) is 4.79 Å². The van der Waals surface area contributed by atoms with E-state index in [-0.39, 0.29) is 18.4 Å². The molecule has 1 unspecified atom stereocenters. The summed E-state index contributed by atoms with van der Waals surface area (Å²) < 4.78 is 10.8. The van der Waals surface area contributed by atoms with E-state index >= 15 is 0 Å². The quantitative estimate of drug-likeness (QED) is 0.884. The smallest absolute Gasteiger partial charge is 0.372 e. The van der Waals surface area contributed by atoms with Crippen molar-refractivity contribution in [3.8, 4) is 0 Å². The number of nitrogens with zero attached hydrogens (tertiary/aromatic N) is 1. The number of carboxylic acid groups (broad SMARTS) is 1. The molecule has 1 fully saturated rings. The molecule has 2 N–H and O–H groups in total. The molecule has 1 atom stereocenters. The second-order valence-corrected chi connectivity index (χ2v) is 5.09. The Labute approximate surface area is 121 Å². The molecule has 1 saturated heterocycles. The van der Waals surface area contributed by atoms with Crippen LogP contribution in [-0.4, -0.2) is 53.5 Å². The van der Waals surface area contributed by atoms with Crippen molar-refractivity contribution in [1.82, 2.24) is 4.90 Å². The van der Waals surface area contributed by atoms with Crippen LogP contribution in [0, 0.1) is 0 Å². The molecule has 0 bridgehead atoms. The maximum Gasteiger partial charge on any atom is 0.372 e. The molecule has 2 heterocycles. The lowest BCUT2D eigenvalue weighted by atomic mass is 10.1. The highest BCUT2D eigenvalue weighted by atomic mass is 16.5. The summed E-state index contributed by atoms with van der Waals surface area (Å²) in [5.74, 6) is -1.10. The summed E-state index contributed by atoms with van der Waals surface area (Å²) in [4.78, 5) is 13.4. The average molecular weight is 291 g/mol. The van der Waals surface area contributed by atoms with Gasteiger partial charge in [0.25, 0.3) is 0 Å². The van der Waals surface area contributed by atoms with Crippen LogP contribution in [0.5, 0.6) is 0 Å². The monoisotopic (exact) mass is 291 g/mol. The summed E-state index contributed by atoms with van der Waals surface area (Å²) >= 11 is 0. The van der Waals surface area contributed by atoms with Crippen LogP contribution < -0.4 is 0 Å². The first kappa shape index (κ1) is 14.1. The Kier molecular flexibility index (Phi) is 3.92. The van der Waals surface area contributed by atoms with E-state index in [1.54, 1.807) is 6.07 Å². The molecule has 0 amide bonds. The zero-order valence-corrected chi connectivity index (χ0v) is 11.5. The number of hydrogen-bond donors (Lipinski definition) is 2. The van der Waals surface area contributed by atoms with Gasteiger partial charge in [0, 0.05) is 24.0 Å². The molecule has 112 valence electrons. The van der Waals surface area contributed by atoms with Gasteiger partial charge < -0.3 is 19.4 Å². The lowest BCUT2D eigenvalue weighted by Gasteiger charge is -2.34. The normalized spacial score (nSPS) is 20.0. The molecule has 0 saturated carbocycles.